The Morgan fingerprint density at radius 1 is 1.14 bits per heavy atom. The van der Waals surface area contributed by atoms with Crippen LogP contribution in [0.5, 0.6) is 5.75 Å². The molecule has 0 fully saturated rings. The molecule has 0 bridgehead atoms. The van der Waals surface area contributed by atoms with Crippen molar-refractivity contribution >= 4 is 11.4 Å². The molecule has 0 unspecified atom stereocenters. The molecule has 116 valence electrons. The molecule has 0 aliphatic rings. The smallest absolute Gasteiger partial charge is 0.317 e. The third-order valence-electron chi connectivity index (χ3n) is 3.12. The van der Waals surface area contributed by atoms with Crippen LogP contribution in [0.3, 0.4) is 0 Å². The van der Waals surface area contributed by atoms with E-state index < -0.39 is 9.85 Å². The Morgan fingerprint density at radius 2 is 1.81 bits per heavy atom. The lowest BCUT2D eigenvalue weighted by molar-refractivity contribution is -0.394. The normalized spacial score (nSPS) is 10.6. The van der Waals surface area contributed by atoms with Crippen LogP contribution < -0.4 is 4.74 Å². The highest BCUT2D eigenvalue weighted by Crippen LogP contribution is 2.30. The monoisotopic (exact) mass is 297 g/mol. The molecule has 0 aromatic heterocycles. The topological polar surface area (TPSA) is 98.8 Å². The molecule has 0 atom stereocenters. The summed E-state index contributed by atoms with van der Waals surface area (Å²) in [5, 5.41) is 21.5. The molecule has 0 saturated carbocycles. The van der Waals surface area contributed by atoms with E-state index in [4.69, 9.17) is 4.74 Å². The van der Waals surface area contributed by atoms with Gasteiger partial charge in [0.25, 0.3) is 5.69 Å². The Labute approximate surface area is 122 Å². The van der Waals surface area contributed by atoms with Gasteiger partial charge in [-0.2, -0.15) is 0 Å². The van der Waals surface area contributed by atoms with Gasteiger partial charge >= 0.3 is 5.69 Å². The lowest BCUT2D eigenvalue weighted by Gasteiger charge is -2.17. The van der Waals surface area contributed by atoms with Crippen molar-refractivity contribution < 1.29 is 14.6 Å². The molecule has 21 heavy (non-hydrogen) atoms. The minimum absolute atomic E-state index is 0.0603. The predicted molar refractivity (Wildman–Crippen MR) is 77.7 cm³/mol. The van der Waals surface area contributed by atoms with Crippen LogP contribution in [0.4, 0.5) is 11.4 Å². The summed E-state index contributed by atoms with van der Waals surface area (Å²) in [7, 11) is 0. The minimum atomic E-state index is -0.674. The minimum Gasteiger partial charge on any atom is -0.487 e. The summed E-state index contributed by atoms with van der Waals surface area (Å²) in [6.07, 6.45) is 0.732. The highest BCUT2D eigenvalue weighted by atomic mass is 16.6. The van der Waals surface area contributed by atoms with Gasteiger partial charge in [-0.05, 0) is 25.6 Å². The third-order valence-corrected chi connectivity index (χ3v) is 3.12. The molecule has 0 aliphatic carbocycles. The van der Waals surface area contributed by atoms with Gasteiger partial charge in [-0.15, -0.1) is 0 Å². The summed E-state index contributed by atoms with van der Waals surface area (Å²) in [5.74, 6) is 0.0603. The van der Waals surface area contributed by atoms with Crippen molar-refractivity contribution in [2.45, 2.75) is 20.3 Å². The van der Waals surface area contributed by atoms with Gasteiger partial charge in [0.2, 0.25) is 0 Å². The first kappa shape index (κ1) is 16.8. The second kappa shape index (κ2) is 8.15. The van der Waals surface area contributed by atoms with E-state index in [0.29, 0.717) is 6.61 Å². The molecule has 0 heterocycles. The van der Waals surface area contributed by atoms with Crippen LogP contribution >= 0.6 is 0 Å². The van der Waals surface area contributed by atoms with Crippen molar-refractivity contribution in [2.24, 2.45) is 0 Å². The fourth-order valence-corrected chi connectivity index (χ4v) is 1.89. The summed E-state index contributed by atoms with van der Waals surface area (Å²) in [6.45, 7) is 7.17. The van der Waals surface area contributed by atoms with Crippen LogP contribution in [0.1, 0.15) is 20.3 Å². The van der Waals surface area contributed by atoms with Crippen molar-refractivity contribution in [3.05, 3.63) is 38.4 Å². The zero-order valence-corrected chi connectivity index (χ0v) is 12.2. The van der Waals surface area contributed by atoms with Crippen LogP contribution in [0.15, 0.2) is 18.2 Å². The van der Waals surface area contributed by atoms with E-state index in [1.165, 1.54) is 12.1 Å². The highest BCUT2D eigenvalue weighted by molar-refractivity contribution is 5.53. The Balaban J connectivity index is 2.66. The summed E-state index contributed by atoms with van der Waals surface area (Å²) >= 11 is 0. The Bertz CT molecular complexity index is 503. The number of rotatable bonds is 9. The lowest BCUT2D eigenvalue weighted by Crippen LogP contribution is -2.25. The molecular weight excluding hydrogens is 278 g/mol. The summed E-state index contributed by atoms with van der Waals surface area (Å²) in [5.41, 5.74) is -0.704. The molecule has 0 N–H and O–H groups in total. The van der Waals surface area contributed by atoms with E-state index in [9.17, 15) is 20.2 Å². The maximum Gasteiger partial charge on any atom is 0.317 e. The number of benzene rings is 1. The number of hydrogen-bond acceptors (Lipinski definition) is 6. The van der Waals surface area contributed by atoms with Crippen molar-refractivity contribution in [3.63, 3.8) is 0 Å². The zero-order valence-electron chi connectivity index (χ0n) is 12.2. The van der Waals surface area contributed by atoms with Crippen LogP contribution in [0, 0.1) is 20.2 Å². The molecule has 0 aliphatic heterocycles. The standard InChI is InChI=1S/C13H19N3O5/c1-3-14(4-2)8-5-9-21-13-7-6-11(15(17)18)10-12(13)16(19)20/h6-7,10H,3-5,8-9H2,1-2H3. The molecule has 0 radical (unpaired) electrons. The van der Waals surface area contributed by atoms with Gasteiger partial charge in [0.15, 0.2) is 5.75 Å². The van der Waals surface area contributed by atoms with E-state index in [-0.39, 0.29) is 17.1 Å². The Hall–Kier alpha value is -2.22. The van der Waals surface area contributed by atoms with E-state index in [0.717, 1.165) is 32.1 Å². The molecule has 1 rings (SSSR count). The Kier molecular flexibility index (Phi) is 6.54. The highest BCUT2D eigenvalue weighted by Gasteiger charge is 2.20. The molecule has 8 nitrogen and oxygen atoms in total. The van der Waals surface area contributed by atoms with E-state index in [2.05, 4.69) is 18.7 Å². The Morgan fingerprint density at radius 3 is 2.33 bits per heavy atom. The van der Waals surface area contributed by atoms with Crippen LogP contribution in [0.2, 0.25) is 0 Å². The van der Waals surface area contributed by atoms with Gasteiger partial charge in [0, 0.05) is 12.6 Å². The second-order valence-electron chi connectivity index (χ2n) is 4.40. The summed E-state index contributed by atoms with van der Waals surface area (Å²) in [4.78, 5) is 22.4. The van der Waals surface area contributed by atoms with Gasteiger partial charge in [0.05, 0.1) is 22.5 Å². The number of nitrogens with zero attached hydrogens (tertiary/aromatic N) is 3. The van der Waals surface area contributed by atoms with Gasteiger partial charge in [0.1, 0.15) is 0 Å². The van der Waals surface area contributed by atoms with Crippen LogP contribution in [-0.4, -0.2) is 41.0 Å². The van der Waals surface area contributed by atoms with Crippen molar-refractivity contribution in [1.29, 1.82) is 0 Å². The van der Waals surface area contributed by atoms with Crippen LogP contribution in [0.25, 0.3) is 0 Å². The van der Waals surface area contributed by atoms with Gasteiger partial charge in [-0.3, -0.25) is 20.2 Å². The summed E-state index contributed by atoms with van der Waals surface area (Å²) in [6, 6.07) is 3.39. The molecule has 0 amide bonds. The molecule has 0 saturated heterocycles. The molecule has 8 heteroatoms. The van der Waals surface area contributed by atoms with Crippen molar-refractivity contribution in [1.82, 2.24) is 4.90 Å². The van der Waals surface area contributed by atoms with Crippen LogP contribution in [-0.2, 0) is 0 Å². The fraction of sp³-hybridized carbons (Fsp3) is 0.538. The van der Waals surface area contributed by atoms with E-state index >= 15 is 0 Å². The third kappa shape index (κ3) is 4.99. The second-order valence-corrected chi connectivity index (χ2v) is 4.40. The van der Waals surface area contributed by atoms with E-state index in [1.54, 1.807) is 0 Å². The summed E-state index contributed by atoms with van der Waals surface area (Å²) < 4.78 is 5.38. The number of ether oxygens (including phenoxy) is 1. The maximum atomic E-state index is 10.9. The fourth-order valence-electron chi connectivity index (χ4n) is 1.89. The predicted octanol–water partition coefficient (Wildman–Crippen LogP) is 2.61. The average molecular weight is 297 g/mol. The van der Waals surface area contributed by atoms with Crippen molar-refractivity contribution in [3.8, 4) is 5.75 Å². The van der Waals surface area contributed by atoms with Gasteiger partial charge in [-0.25, -0.2) is 0 Å². The molecule has 1 aromatic carbocycles. The maximum absolute atomic E-state index is 10.9. The number of nitro groups is 2. The molecule has 1 aromatic rings. The number of non-ortho nitro benzene ring substituents is 1. The SMILES string of the molecule is CCN(CC)CCCOc1ccc([N+](=O)[O-])cc1[N+](=O)[O-]. The largest absolute Gasteiger partial charge is 0.487 e. The van der Waals surface area contributed by atoms with E-state index in [1.807, 2.05) is 0 Å². The molecule has 0 spiro atoms. The first-order chi connectivity index (χ1) is 9.99. The first-order valence-electron chi connectivity index (χ1n) is 6.77. The molecular formula is C13H19N3O5. The van der Waals surface area contributed by atoms with Gasteiger partial charge < -0.3 is 9.64 Å². The lowest BCUT2D eigenvalue weighted by atomic mass is 10.2. The quantitative estimate of drug-likeness (QED) is 0.394. The first-order valence-corrected chi connectivity index (χ1v) is 6.77. The zero-order chi connectivity index (χ0) is 15.8. The number of nitro benzene ring substituents is 2. The van der Waals surface area contributed by atoms with Crippen molar-refractivity contribution in [2.75, 3.05) is 26.2 Å². The number of hydrogen-bond donors (Lipinski definition) is 0. The average Bonchev–Trinajstić information content (AvgIpc) is 2.47. The van der Waals surface area contributed by atoms with Gasteiger partial charge in [-0.1, -0.05) is 13.8 Å².